The van der Waals surface area contributed by atoms with Gasteiger partial charge in [0.05, 0.1) is 11.2 Å². The number of thiazole rings is 1. The van der Waals surface area contributed by atoms with E-state index in [2.05, 4.69) is 15.6 Å². The van der Waals surface area contributed by atoms with Gasteiger partial charge in [0.15, 0.2) is 0 Å². The molecular formula is C16H20N4O3S. The number of amides is 4. The fourth-order valence-corrected chi connectivity index (χ4v) is 4.41. The zero-order chi connectivity index (χ0) is 16.9. The van der Waals surface area contributed by atoms with Crippen molar-refractivity contribution >= 4 is 34.2 Å². The number of anilines is 1. The molecule has 3 aliphatic rings. The summed E-state index contributed by atoms with van der Waals surface area (Å²) < 4.78 is 0. The molecule has 0 aromatic carbocycles. The van der Waals surface area contributed by atoms with Crippen molar-refractivity contribution in [1.29, 1.82) is 0 Å². The van der Waals surface area contributed by atoms with Crippen LogP contribution in [-0.2, 0) is 9.59 Å². The molecule has 1 saturated heterocycles. The molecule has 1 spiro atoms. The molecule has 7 nitrogen and oxygen atoms in total. The lowest BCUT2D eigenvalue weighted by molar-refractivity contribution is -0.136. The van der Waals surface area contributed by atoms with E-state index in [1.165, 1.54) is 11.3 Å². The first-order valence-electron chi connectivity index (χ1n) is 8.42. The van der Waals surface area contributed by atoms with E-state index in [1.54, 1.807) is 12.4 Å². The molecule has 0 bridgehead atoms. The molecule has 0 radical (unpaired) electrons. The van der Waals surface area contributed by atoms with E-state index < -0.39 is 17.6 Å². The van der Waals surface area contributed by atoms with Crippen molar-refractivity contribution in [2.24, 2.45) is 0 Å². The van der Waals surface area contributed by atoms with E-state index in [4.69, 9.17) is 0 Å². The van der Waals surface area contributed by atoms with E-state index in [0.717, 1.165) is 41.3 Å². The smallest absolute Gasteiger partial charge is 0.323 e. The Balaban J connectivity index is 1.49. The van der Waals surface area contributed by atoms with Gasteiger partial charge in [0.1, 0.15) is 16.6 Å². The number of hydrogen-bond acceptors (Lipinski definition) is 5. The minimum Gasteiger partial charge on any atom is -0.323 e. The zero-order valence-electron chi connectivity index (χ0n) is 13.5. The van der Waals surface area contributed by atoms with E-state index in [-0.39, 0.29) is 11.8 Å². The van der Waals surface area contributed by atoms with Gasteiger partial charge in [0, 0.05) is 5.92 Å². The van der Waals surface area contributed by atoms with Crippen LogP contribution < -0.4 is 10.6 Å². The van der Waals surface area contributed by atoms with Crippen molar-refractivity contribution in [3.05, 3.63) is 11.2 Å². The molecule has 1 atom stereocenters. The standard InChI is InChI=1S/C16H20N4O3S/c1-9(12(21)18-13-11(10-4-5-10)17-8-24-13)20-14(22)16(19-15(20)23)6-2-3-7-16/h8-10H,2-7H2,1H3,(H,18,21)(H,19,23). The maximum atomic E-state index is 12.7. The monoisotopic (exact) mass is 348 g/mol. The van der Waals surface area contributed by atoms with Crippen LogP contribution in [0, 0.1) is 0 Å². The Morgan fingerprint density at radius 2 is 2.12 bits per heavy atom. The first kappa shape index (κ1) is 15.6. The Labute approximate surface area is 143 Å². The van der Waals surface area contributed by atoms with E-state index in [1.807, 2.05) is 0 Å². The predicted octanol–water partition coefficient (Wildman–Crippen LogP) is 2.21. The number of hydrogen-bond donors (Lipinski definition) is 2. The average molecular weight is 348 g/mol. The van der Waals surface area contributed by atoms with Crippen LogP contribution in [0.1, 0.15) is 57.1 Å². The molecule has 128 valence electrons. The number of nitrogens with one attached hydrogen (secondary N) is 2. The van der Waals surface area contributed by atoms with Crippen LogP contribution in [-0.4, -0.2) is 39.3 Å². The Morgan fingerprint density at radius 1 is 1.42 bits per heavy atom. The predicted molar refractivity (Wildman–Crippen MR) is 88.8 cm³/mol. The van der Waals surface area contributed by atoms with Crippen LogP contribution in [0.3, 0.4) is 0 Å². The van der Waals surface area contributed by atoms with Gasteiger partial charge in [-0.1, -0.05) is 12.8 Å². The first-order valence-corrected chi connectivity index (χ1v) is 9.30. The Hall–Kier alpha value is -1.96. The van der Waals surface area contributed by atoms with Gasteiger partial charge < -0.3 is 10.6 Å². The summed E-state index contributed by atoms with van der Waals surface area (Å²) in [5, 5.41) is 6.40. The number of imide groups is 1. The number of nitrogens with zero attached hydrogens (tertiary/aromatic N) is 2. The van der Waals surface area contributed by atoms with E-state index >= 15 is 0 Å². The number of carbonyl (C=O) groups is 3. The molecule has 3 fully saturated rings. The fourth-order valence-electron chi connectivity index (χ4n) is 3.64. The van der Waals surface area contributed by atoms with Crippen LogP contribution in [0.5, 0.6) is 0 Å². The lowest BCUT2D eigenvalue weighted by Crippen LogP contribution is -2.48. The van der Waals surface area contributed by atoms with Gasteiger partial charge >= 0.3 is 6.03 Å². The molecule has 1 aromatic rings. The van der Waals surface area contributed by atoms with Gasteiger partial charge in [0.25, 0.3) is 5.91 Å². The summed E-state index contributed by atoms with van der Waals surface area (Å²) in [6, 6.07) is -1.30. The highest BCUT2D eigenvalue weighted by Gasteiger charge is 2.54. The average Bonchev–Trinajstić information content (AvgIpc) is 3.01. The highest BCUT2D eigenvalue weighted by Crippen LogP contribution is 2.44. The third-order valence-corrected chi connectivity index (χ3v) is 5.97. The largest absolute Gasteiger partial charge is 0.325 e. The van der Waals surface area contributed by atoms with Crippen molar-refractivity contribution in [3.8, 4) is 0 Å². The summed E-state index contributed by atoms with van der Waals surface area (Å²) in [7, 11) is 0. The maximum Gasteiger partial charge on any atom is 0.325 e. The summed E-state index contributed by atoms with van der Waals surface area (Å²) >= 11 is 1.38. The molecule has 1 aromatic heterocycles. The fraction of sp³-hybridized carbons (Fsp3) is 0.625. The third kappa shape index (κ3) is 2.40. The van der Waals surface area contributed by atoms with Crippen LogP contribution in [0.4, 0.5) is 9.80 Å². The normalized spacial score (nSPS) is 23.6. The zero-order valence-corrected chi connectivity index (χ0v) is 14.3. The van der Waals surface area contributed by atoms with E-state index in [0.29, 0.717) is 18.8 Å². The highest BCUT2D eigenvalue weighted by atomic mass is 32.1. The maximum absolute atomic E-state index is 12.7. The summed E-state index contributed by atoms with van der Waals surface area (Å²) in [4.78, 5) is 43.0. The molecular weight excluding hydrogens is 328 g/mol. The van der Waals surface area contributed by atoms with Gasteiger partial charge in [-0.2, -0.15) is 0 Å². The number of carbonyl (C=O) groups excluding carboxylic acids is 3. The third-order valence-electron chi connectivity index (χ3n) is 5.21. The first-order chi connectivity index (χ1) is 11.5. The van der Waals surface area contributed by atoms with Crippen LogP contribution in [0.2, 0.25) is 0 Å². The molecule has 2 aliphatic carbocycles. The summed E-state index contributed by atoms with van der Waals surface area (Å²) in [5.74, 6) is -0.181. The number of aromatic nitrogens is 1. The van der Waals surface area contributed by atoms with Crippen LogP contribution in [0.25, 0.3) is 0 Å². The van der Waals surface area contributed by atoms with Crippen LogP contribution >= 0.6 is 11.3 Å². The van der Waals surface area contributed by atoms with Crippen molar-refractivity contribution in [3.63, 3.8) is 0 Å². The molecule has 2 N–H and O–H groups in total. The van der Waals surface area contributed by atoms with Crippen LogP contribution in [0.15, 0.2) is 5.51 Å². The van der Waals surface area contributed by atoms with Gasteiger partial charge in [-0.05, 0) is 32.6 Å². The minimum atomic E-state index is -0.841. The topological polar surface area (TPSA) is 91.4 Å². The minimum absolute atomic E-state index is 0.264. The Morgan fingerprint density at radius 3 is 2.79 bits per heavy atom. The number of rotatable bonds is 4. The van der Waals surface area contributed by atoms with E-state index in [9.17, 15) is 14.4 Å². The van der Waals surface area contributed by atoms with Crippen molar-refractivity contribution < 1.29 is 14.4 Å². The Kier molecular flexibility index (Phi) is 3.59. The lowest BCUT2D eigenvalue weighted by Gasteiger charge is -2.23. The molecule has 4 rings (SSSR count). The molecule has 2 heterocycles. The lowest BCUT2D eigenvalue weighted by atomic mass is 9.97. The van der Waals surface area contributed by atoms with Gasteiger partial charge in [0.2, 0.25) is 5.91 Å². The number of urea groups is 1. The molecule has 8 heteroatoms. The summed E-state index contributed by atoms with van der Waals surface area (Å²) in [6.45, 7) is 1.60. The second-order valence-electron chi connectivity index (χ2n) is 6.90. The molecule has 1 aliphatic heterocycles. The second kappa shape index (κ2) is 5.54. The van der Waals surface area contributed by atoms with Gasteiger partial charge in [-0.3, -0.25) is 9.59 Å². The quantitative estimate of drug-likeness (QED) is 0.816. The molecule has 24 heavy (non-hydrogen) atoms. The van der Waals surface area contributed by atoms with Crippen molar-refractivity contribution in [2.45, 2.75) is 62.9 Å². The van der Waals surface area contributed by atoms with Crippen molar-refractivity contribution in [1.82, 2.24) is 15.2 Å². The summed E-state index contributed by atoms with van der Waals surface area (Å²) in [6.07, 6.45) is 5.35. The van der Waals surface area contributed by atoms with Crippen molar-refractivity contribution in [2.75, 3.05) is 5.32 Å². The highest BCUT2D eigenvalue weighted by molar-refractivity contribution is 7.14. The SMILES string of the molecule is CC(C(=O)Nc1scnc1C1CC1)N1C(=O)NC2(CCCC2)C1=O. The summed E-state index contributed by atoms with van der Waals surface area (Å²) in [5.41, 5.74) is 1.86. The van der Waals surface area contributed by atoms with Gasteiger partial charge in [-0.25, -0.2) is 14.7 Å². The molecule has 2 saturated carbocycles. The van der Waals surface area contributed by atoms with Gasteiger partial charge in [-0.15, -0.1) is 11.3 Å². The molecule has 4 amide bonds. The molecule has 1 unspecified atom stereocenters. The second-order valence-corrected chi connectivity index (χ2v) is 7.76. The Bertz CT molecular complexity index is 706.